The molecule has 1 aliphatic carbocycles. The van der Waals surface area contributed by atoms with Crippen LogP contribution in [0.1, 0.15) is 28.8 Å². The molecule has 0 atom stereocenters. The molecule has 4 nitrogen and oxygen atoms in total. The summed E-state index contributed by atoms with van der Waals surface area (Å²) in [5, 5.41) is 13.4. The van der Waals surface area contributed by atoms with Crippen LogP contribution in [0.5, 0.6) is 0 Å². The third-order valence-corrected chi connectivity index (χ3v) is 5.67. The third kappa shape index (κ3) is 2.18. The van der Waals surface area contributed by atoms with Gasteiger partial charge in [-0.2, -0.15) is 5.10 Å². The molecule has 3 heterocycles. The molecule has 0 unspecified atom stereocenters. The van der Waals surface area contributed by atoms with Crippen molar-refractivity contribution in [2.45, 2.75) is 19.4 Å². The van der Waals surface area contributed by atoms with Gasteiger partial charge in [-0.25, -0.2) is 0 Å². The number of H-pyrrole nitrogens is 1. The summed E-state index contributed by atoms with van der Waals surface area (Å²) in [6.07, 6.45) is 6.25. The van der Waals surface area contributed by atoms with Gasteiger partial charge in [0.05, 0.1) is 18.1 Å². The standard InChI is InChI=1S/C18H18N4S/c1-2-15-14(7-12(1)9-22-5-4-19-11-22)8-16-17(20-21-18(15)16)13-3-6-23-10-13/h1-2,4-5,7,10,19H,3,6,8-9,11H2,(H,20,21). The molecule has 0 saturated carbocycles. The molecule has 0 amide bonds. The fourth-order valence-corrected chi connectivity index (χ4v) is 4.52. The van der Waals surface area contributed by atoms with Crippen molar-refractivity contribution in [3.05, 3.63) is 58.4 Å². The molecule has 0 saturated heterocycles. The minimum atomic E-state index is 0.899. The first-order chi connectivity index (χ1) is 11.4. The van der Waals surface area contributed by atoms with Crippen LogP contribution in [-0.2, 0) is 13.0 Å². The summed E-state index contributed by atoms with van der Waals surface area (Å²) in [7, 11) is 0. The van der Waals surface area contributed by atoms with Crippen molar-refractivity contribution in [2.24, 2.45) is 0 Å². The number of hydrogen-bond donors (Lipinski definition) is 2. The van der Waals surface area contributed by atoms with E-state index < -0.39 is 0 Å². The van der Waals surface area contributed by atoms with Crippen LogP contribution in [0, 0.1) is 0 Å². The molecule has 5 rings (SSSR count). The first kappa shape index (κ1) is 13.3. The zero-order valence-electron chi connectivity index (χ0n) is 12.8. The molecule has 3 aliphatic rings. The van der Waals surface area contributed by atoms with Crippen LogP contribution in [0.4, 0.5) is 0 Å². The van der Waals surface area contributed by atoms with Crippen molar-refractivity contribution in [1.82, 2.24) is 20.4 Å². The van der Waals surface area contributed by atoms with Gasteiger partial charge in [0.25, 0.3) is 0 Å². The number of fused-ring (bicyclic) bond motifs is 3. The summed E-state index contributed by atoms with van der Waals surface area (Å²) in [6, 6.07) is 6.85. The van der Waals surface area contributed by atoms with Crippen molar-refractivity contribution in [1.29, 1.82) is 0 Å². The zero-order valence-corrected chi connectivity index (χ0v) is 13.6. The number of hydrogen-bond acceptors (Lipinski definition) is 4. The quantitative estimate of drug-likeness (QED) is 0.776. The van der Waals surface area contributed by atoms with Crippen molar-refractivity contribution in [3.63, 3.8) is 0 Å². The Balaban J connectivity index is 1.46. The summed E-state index contributed by atoms with van der Waals surface area (Å²) in [6.45, 7) is 1.85. The maximum Gasteiger partial charge on any atom is 0.0927 e. The topological polar surface area (TPSA) is 44.0 Å². The molecule has 23 heavy (non-hydrogen) atoms. The second kappa shape index (κ2) is 5.20. The Bertz CT molecular complexity index is 834. The molecule has 1 aromatic carbocycles. The lowest BCUT2D eigenvalue weighted by Crippen LogP contribution is -2.19. The van der Waals surface area contributed by atoms with E-state index in [1.807, 2.05) is 18.0 Å². The third-order valence-electron chi connectivity index (χ3n) is 4.78. The van der Waals surface area contributed by atoms with Crippen LogP contribution in [0.2, 0.25) is 0 Å². The Labute approximate surface area is 139 Å². The molecule has 0 spiro atoms. The van der Waals surface area contributed by atoms with Gasteiger partial charge in [0.2, 0.25) is 0 Å². The highest BCUT2D eigenvalue weighted by atomic mass is 32.2. The molecule has 5 heteroatoms. The number of nitrogens with zero attached hydrogens (tertiary/aromatic N) is 2. The molecule has 0 radical (unpaired) electrons. The van der Waals surface area contributed by atoms with Crippen molar-refractivity contribution < 1.29 is 0 Å². The van der Waals surface area contributed by atoms with Crippen LogP contribution in [0.3, 0.4) is 0 Å². The molecule has 0 fully saturated rings. The zero-order chi connectivity index (χ0) is 15.2. The summed E-state index contributed by atoms with van der Waals surface area (Å²) < 4.78 is 0. The fraction of sp³-hybridized carbons (Fsp3) is 0.278. The lowest BCUT2D eigenvalue weighted by atomic mass is 10.0. The molecular formula is C18H18N4S. The van der Waals surface area contributed by atoms with E-state index in [2.05, 4.69) is 50.2 Å². The van der Waals surface area contributed by atoms with E-state index in [4.69, 9.17) is 0 Å². The summed E-state index contributed by atoms with van der Waals surface area (Å²) in [5.41, 5.74) is 9.31. The summed E-state index contributed by atoms with van der Waals surface area (Å²) >= 11 is 1.90. The van der Waals surface area contributed by atoms with Gasteiger partial charge in [0, 0.05) is 42.2 Å². The summed E-state index contributed by atoms with van der Waals surface area (Å²) in [4.78, 5) is 2.28. The van der Waals surface area contributed by atoms with Crippen LogP contribution >= 0.6 is 11.8 Å². The van der Waals surface area contributed by atoms with Gasteiger partial charge in [0.15, 0.2) is 0 Å². The maximum absolute atomic E-state index is 4.59. The Morgan fingerprint density at radius 1 is 1.30 bits per heavy atom. The lowest BCUT2D eigenvalue weighted by Gasteiger charge is -2.15. The second-order valence-corrected chi connectivity index (χ2v) is 7.26. The molecule has 1 aromatic heterocycles. The number of nitrogens with one attached hydrogen (secondary N) is 2. The van der Waals surface area contributed by atoms with E-state index in [0.29, 0.717) is 0 Å². The maximum atomic E-state index is 4.59. The van der Waals surface area contributed by atoms with Gasteiger partial charge in [-0.3, -0.25) is 5.10 Å². The van der Waals surface area contributed by atoms with E-state index in [-0.39, 0.29) is 0 Å². The van der Waals surface area contributed by atoms with Crippen molar-refractivity contribution in [2.75, 3.05) is 12.4 Å². The van der Waals surface area contributed by atoms with E-state index in [0.717, 1.165) is 26.1 Å². The Morgan fingerprint density at radius 3 is 3.13 bits per heavy atom. The molecule has 116 valence electrons. The molecule has 2 aromatic rings. The van der Waals surface area contributed by atoms with Gasteiger partial charge < -0.3 is 10.2 Å². The van der Waals surface area contributed by atoms with Gasteiger partial charge in [-0.15, -0.1) is 11.8 Å². The predicted octanol–water partition coefficient (Wildman–Crippen LogP) is 3.29. The van der Waals surface area contributed by atoms with Gasteiger partial charge in [0.1, 0.15) is 0 Å². The number of aromatic amines is 1. The molecule has 0 bridgehead atoms. The fourth-order valence-electron chi connectivity index (χ4n) is 3.64. The van der Waals surface area contributed by atoms with Crippen LogP contribution < -0.4 is 5.32 Å². The number of rotatable bonds is 3. The monoisotopic (exact) mass is 322 g/mol. The highest BCUT2D eigenvalue weighted by molar-refractivity contribution is 8.02. The van der Waals surface area contributed by atoms with E-state index in [1.54, 1.807) is 0 Å². The van der Waals surface area contributed by atoms with Gasteiger partial charge in [-0.05, 0) is 28.5 Å². The Morgan fingerprint density at radius 2 is 2.30 bits per heavy atom. The highest BCUT2D eigenvalue weighted by Crippen LogP contribution is 2.41. The predicted molar refractivity (Wildman–Crippen MR) is 94.6 cm³/mol. The highest BCUT2D eigenvalue weighted by Gasteiger charge is 2.26. The van der Waals surface area contributed by atoms with Crippen molar-refractivity contribution >= 4 is 17.3 Å². The number of benzene rings is 1. The number of aromatic nitrogens is 2. The largest absolute Gasteiger partial charge is 0.373 e. The number of thioether (sulfide) groups is 1. The van der Waals surface area contributed by atoms with Crippen LogP contribution in [0.15, 0.2) is 36.0 Å². The molecule has 2 N–H and O–H groups in total. The van der Waals surface area contributed by atoms with E-state index in [9.17, 15) is 0 Å². The second-order valence-electron chi connectivity index (χ2n) is 6.28. The van der Waals surface area contributed by atoms with E-state index >= 15 is 0 Å². The molecular weight excluding hydrogens is 304 g/mol. The average Bonchev–Trinajstić information content (AvgIpc) is 3.32. The van der Waals surface area contributed by atoms with Crippen LogP contribution in [-0.4, -0.2) is 27.5 Å². The Hall–Kier alpha value is -2.14. The summed E-state index contributed by atoms with van der Waals surface area (Å²) in [5.74, 6) is 1.19. The van der Waals surface area contributed by atoms with Gasteiger partial charge >= 0.3 is 0 Å². The normalized spacial score (nSPS) is 18.1. The minimum absolute atomic E-state index is 0.899. The van der Waals surface area contributed by atoms with Crippen molar-refractivity contribution in [3.8, 4) is 11.3 Å². The SMILES string of the molecule is C1=CN(Cc2ccc3c(c2)Cc2c(C4=CSCC4)n[nH]c2-3)CN1. The van der Waals surface area contributed by atoms with Crippen LogP contribution in [0.25, 0.3) is 16.8 Å². The molecule has 2 aliphatic heterocycles. The number of allylic oxidation sites excluding steroid dienone is 1. The first-order valence-electron chi connectivity index (χ1n) is 8.03. The smallest absolute Gasteiger partial charge is 0.0927 e. The Kier molecular flexibility index (Phi) is 3.01. The first-order valence-corrected chi connectivity index (χ1v) is 9.08. The van der Waals surface area contributed by atoms with E-state index in [1.165, 1.54) is 45.0 Å². The minimum Gasteiger partial charge on any atom is -0.373 e. The average molecular weight is 322 g/mol. The lowest BCUT2D eigenvalue weighted by molar-refractivity contribution is 0.385. The van der Waals surface area contributed by atoms with Gasteiger partial charge in [-0.1, -0.05) is 18.2 Å².